The zero-order valence-electron chi connectivity index (χ0n) is 13.5. The first-order valence-electron chi connectivity index (χ1n) is 8.30. The number of nitrogens with zero attached hydrogens (tertiary/aromatic N) is 1. The third-order valence-electron chi connectivity index (χ3n) is 3.56. The van der Waals surface area contributed by atoms with Crippen LogP contribution in [0.5, 0.6) is 0 Å². The van der Waals surface area contributed by atoms with E-state index >= 15 is 0 Å². The average molecular weight is 323 g/mol. The number of nitrogens with one attached hydrogen (secondary N) is 1. The molecular weight excluding hydrogens is 296 g/mol. The Morgan fingerprint density at radius 3 is 2.41 bits per heavy atom. The number of hydrazone groups is 1. The van der Waals surface area contributed by atoms with Gasteiger partial charge in [0.25, 0.3) is 0 Å². The van der Waals surface area contributed by atoms with Gasteiger partial charge in [-0.3, -0.25) is 4.79 Å². The second-order valence-electron chi connectivity index (χ2n) is 5.54. The Morgan fingerprint density at radius 2 is 1.73 bits per heavy atom. The molecule has 122 valence electrons. The van der Waals surface area contributed by atoms with Crippen molar-refractivity contribution in [3.8, 4) is 0 Å². The van der Waals surface area contributed by atoms with Gasteiger partial charge < -0.3 is 0 Å². The lowest BCUT2D eigenvalue weighted by atomic mass is 10.1. The monoisotopic (exact) mass is 322 g/mol. The van der Waals surface area contributed by atoms with E-state index in [0.29, 0.717) is 11.4 Å². The molecule has 0 aliphatic rings. The number of rotatable bonds is 11. The van der Waals surface area contributed by atoms with E-state index in [0.717, 1.165) is 18.4 Å². The maximum absolute atomic E-state index is 11.6. The van der Waals surface area contributed by atoms with Crippen molar-refractivity contribution in [2.75, 3.05) is 0 Å². The number of hydrogen-bond acceptors (Lipinski definition) is 2. The fraction of sp³-hybridized carbons (Fsp3) is 0.556. The predicted octanol–water partition coefficient (Wildman–Crippen LogP) is 5.32. The van der Waals surface area contributed by atoms with Gasteiger partial charge in [-0.2, -0.15) is 5.10 Å². The van der Waals surface area contributed by atoms with Crippen molar-refractivity contribution in [1.29, 1.82) is 0 Å². The molecule has 1 rings (SSSR count). The van der Waals surface area contributed by atoms with Crippen molar-refractivity contribution in [2.24, 2.45) is 5.10 Å². The van der Waals surface area contributed by atoms with Crippen LogP contribution in [0.25, 0.3) is 0 Å². The summed E-state index contributed by atoms with van der Waals surface area (Å²) in [5, 5.41) is 4.57. The number of halogens is 1. The van der Waals surface area contributed by atoms with Gasteiger partial charge in [-0.05, 0) is 12.5 Å². The van der Waals surface area contributed by atoms with Crippen LogP contribution in [-0.4, -0.2) is 12.1 Å². The van der Waals surface area contributed by atoms with Gasteiger partial charge >= 0.3 is 0 Å². The second kappa shape index (κ2) is 12.2. The Hall–Kier alpha value is -1.35. The van der Waals surface area contributed by atoms with E-state index in [1.54, 1.807) is 12.3 Å². The molecule has 0 bridgehead atoms. The van der Waals surface area contributed by atoms with E-state index in [9.17, 15) is 4.79 Å². The number of hydrogen-bond donors (Lipinski definition) is 1. The first-order chi connectivity index (χ1) is 10.7. The van der Waals surface area contributed by atoms with Gasteiger partial charge in [-0.25, -0.2) is 5.43 Å². The Balaban J connectivity index is 2.05. The van der Waals surface area contributed by atoms with Crippen LogP contribution in [0.4, 0.5) is 0 Å². The molecule has 1 aromatic carbocycles. The summed E-state index contributed by atoms with van der Waals surface area (Å²) in [5.41, 5.74) is 3.35. The minimum Gasteiger partial charge on any atom is -0.273 e. The maximum Gasteiger partial charge on any atom is 0.240 e. The molecule has 0 aromatic heterocycles. The van der Waals surface area contributed by atoms with E-state index in [4.69, 9.17) is 11.6 Å². The summed E-state index contributed by atoms with van der Waals surface area (Å²) >= 11 is 6.00. The molecule has 0 unspecified atom stereocenters. The van der Waals surface area contributed by atoms with E-state index in [1.165, 1.54) is 38.5 Å². The molecule has 0 fully saturated rings. The predicted molar refractivity (Wildman–Crippen MR) is 94.4 cm³/mol. The topological polar surface area (TPSA) is 41.5 Å². The van der Waals surface area contributed by atoms with Crippen LogP contribution in [0.1, 0.15) is 70.3 Å². The molecule has 0 aliphatic heterocycles. The van der Waals surface area contributed by atoms with Crippen LogP contribution in [0.2, 0.25) is 5.02 Å². The summed E-state index contributed by atoms with van der Waals surface area (Å²) < 4.78 is 0. The van der Waals surface area contributed by atoms with E-state index < -0.39 is 0 Å². The molecule has 1 amide bonds. The fourth-order valence-corrected chi connectivity index (χ4v) is 2.41. The van der Waals surface area contributed by atoms with Crippen LogP contribution in [0.3, 0.4) is 0 Å². The molecule has 22 heavy (non-hydrogen) atoms. The van der Waals surface area contributed by atoms with E-state index in [1.807, 2.05) is 18.2 Å². The van der Waals surface area contributed by atoms with Gasteiger partial charge in [0.2, 0.25) is 5.91 Å². The highest BCUT2D eigenvalue weighted by Gasteiger charge is 2.00. The molecule has 0 aliphatic carbocycles. The lowest BCUT2D eigenvalue weighted by Crippen LogP contribution is -2.16. The zero-order valence-corrected chi connectivity index (χ0v) is 14.2. The highest BCUT2D eigenvalue weighted by molar-refractivity contribution is 6.33. The number of carbonyl (C=O) groups is 1. The molecule has 0 saturated carbocycles. The zero-order chi connectivity index (χ0) is 16.0. The molecule has 0 atom stereocenters. The van der Waals surface area contributed by atoms with Gasteiger partial charge in [-0.15, -0.1) is 0 Å². The molecule has 4 heteroatoms. The fourth-order valence-electron chi connectivity index (χ4n) is 2.23. The van der Waals surface area contributed by atoms with Crippen LogP contribution >= 0.6 is 11.6 Å². The molecule has 1 aromatic rings. The van der Waals surface area contributed by atoms with E-state index in [2.05, 4.69) is 17.5 Å². The van der Waals surface area contributed by atoms with Crippen molar-refractivity contribution in [2.45, 2.75) is 64.7 Å². The van der Waals surface area contributed by atoms with Crippen molar-refractivity contribution < 1.29 is 4.79 Å². The van der Waals surface area contributed by atoms with Crippen molar-refractivity contribution >= 4 is 23.7 Å². The molecule has 0 spiro atoms. The highest BCUT2D eigenvalue weighted by atomic mass is 35.5. The normalized spacial score (nSPS) is 11.0. The van der Waals surface area contributed by atoms with Crippen LogP contribution in [0.15, 0.2) is 29.4 Å². The Labute approximate surface area is 139 Å². The molecular formula is C18H27ClN2O. The van der Waals surface area contributed by atoms with Gasteiger partial charge in [-0.1, -0.05) is 81.7 Å². The minimum absolute atomic E-state index is 0.0331. The van der Waals surface area contributed by atoms with Crippen LogP contribution in [0, 0.1) is 0 Å². The summed E-state index contributed by atoms with van der Waals surface area (Å²) in [4.78, 5) is 11.6. The highest BCUT2D eigenvalue weighted by Crippen LogP contribution is 2.12. The molecule has 3 nitrogen and oxygen atoms in total. The van der Waals surface area contributed by atoms with E-state index in [-0.39, 0.29) is 5.91 Å². The molecule has 0 saturated heterocycles. The second-order valence-corrected chi connectivity index (χ2v) is 5.95. The third kappa shape index (κ3) is 8.83. The van der Waals surface area contributed by atoms with Crippen molar-refractivity contribution in [3.63, 3.8) is 0 Å². The average Bonchev–Trinajstić information content (AvgIpc) is 2.52. The summed E-state index contributed by atoms with van der Waals surface area (Å²) in [7, 11) is 0. The number of amides is 1. The lowest BCUT2D eigenvalue weighted by Gasteiger charge is -2.02. The number of carbonyl (C=O) groups excluding carboxylic acids is 1. The Kier molecular flexibility index (Phi) is 10.4. The summed E-state index contributed by atoms with van der Waals surface area (Å²) in [5.74, 6) is -0.0331. The standard InChI is InChI=1S/C18H27ClN2O/c1-2-3-4-5-6-7-8-9-14-18(22)21-20-15-16-12-10-11-13-17(16)19/h10-13,15H,2-9,14H2,1H3,(H,21,22)/b20-15+. The smallest absolute Gasteiger partial charge is 0.240 e. The first kappa shape index (κ1) is 18.7. The Morgan fingerprint density at radius 1 is 1.09 bits per heavy atom. The van der Waals surface area contributed by atoms with Gasteiger partial charge in [0.15, 0.2) is 0 Å². The SMILES string of the molecule is CCCCCCCCCCC(=O)N/N=C/c1ccccc1Cl. The number of benzene rings is 1. The molecule has 0 radical (unpaired) electrons. The summed E-state index contributed by atoms with van der Waals surface area (Å²) in [6.45, 7) is 2.23. The molecule has 1 N–H and O–H groups in total. The van der Waals surface area contributed by atoms with Crippen LogP contribution in [-0.2, 0) is 4.79 Å². The number of unbranched alkanes of at least 4 members (excludes halogenated alkanes) is 7. The molecule has 0 heterocycles. The maximum atomic E-state index is 11.6. The largest absolute Gasteiger partial charge is 0.273 e. The van der Waals surface area contributed by atoms with Gasteiger partial charge in [0, 0.05) is 17.0 Å². The van der Waals surface area contributed by atoms with Crippen molar-refractivity contribution in [3.05, 3.63) is 34.9 Å². The van der Waals surface area contributed by atoms with Crippen LogP contribution < -0.4 is 5.43 Å². The quantitative estimate of drug-likeness (QED) is 0.334. The Bertz CT molecular complexity index is 460. The minimum atomic E-state index is -0.0331. The summed E-state index contributed by atoms with van der Waals surface area (Å²) in [6.07, 6.45) is 12.0. The van der Waals surface area contributed by atoms with Gasteiger partial charge in [0.1, 0.15) is 0 Å². The van der Waals surface area contributed by atoms with Crippen molar-refractivity contribution in [1.82, 2.24) is 5.43 Å². The third-order valence-corrected chi connectivity index (χ3v) is 3.90. The first-order valence-corrected chi connectivity index (χ1v) is 8.68. The van der Waals surface area contributed by atoms with Gasteiger partial charge in [0.05, 0.1) is 6.21 Å². The lowest BCUT2D eigenvalue weighted by molar-refractivity contribution is -0.121. The summed E-state index contributed by atoms with van der Waals surface area (Å²) in [6, 6.07) is 7.40.